The first kappa shape index (κ1) is 23.3. The second kappa shape index (κ2) is 8.76. The van der Waals surface area contributed by atoms with Crippen LogP contribution < -0.4 is 0 Å². The van der Waals surface area contributed by atoms with Crippen molar-refractivity contribution in [2.45, 2.75) is 5.41 Å². The van der Waals surface area contributed by atoms with E-state index in [0.717, 1.165) is 28.1 Å². The summed E-state index contributed by atoms with van der Waals surface area (Å²) in [6.07, 6.45) is 4.56. The molecule has 0 fully saturated rings. The third-order valence-electron chi connectivity index (χ3n) is 9.05. The van der Waals surface area contributed by atoms with E-state index in [0.29, 0.717) is 0 Å². The van der Waals surface area contributed by atoms with Crippen LogP contribution >= 0.6 is 0 Å². The third-order valence-corrected chi connectivity index (χ3v) is 9.05. The number of imidazole rings is 1. The Morgan fingerprint density at radius 2 is 1.07 bits per heavy atom. The van der Waals surface area contributed by atoms with Crippen LogP contribution in [0.4, 0.5) is 0 Å². The van der Waals surface area contributed by atoms with Crippen molar-refractivity contribution in [1.82, 2.24) is 9.55 Å². The van der Waals surface area contributed by atoms with Gasteiger partial charge >= 0.3 is 0 Å². The topological polar surface area (TPSA) is 17.8 Å². The lowest BCUT2D eigenvalue weighted by Gasteiger charge is -2.35. The summed E-state index contributed by atoms with van der Waals surface area (Å²) in [6.45, 7) is 0. The zero-order valence-corrected chi connectivity index (χ0v) is 22.9. The number of fused-ring (bicyclic) bond motifs is 10. The molecule has 2 aliphatic rings. The average Bonchev–Trinajstić information content (AvgIpc) is 3.53. The van der Waals surface area contributed by atoms with E-state index in [2.05, 4.69) is 162 Å². The summed E-state index contributed by atoms with van der Waals surface area (Å²) in [5.41, 5.74) is 14.2. The SMILES string of the molecule is C1=Cc2ccccc2C2(c3ccccc31)c1ccccc1-c1cc(-c3nc4ccccc4n3-c3ccccc3)ccc12. The van der Waals surface area contributed by atoms with E-state index in [1.807, 2.05) is 0 Å². The molecule has 9 rings (SSSR count). The zero-order chi connectivity index (χ0) is 27.7. The summed E-state index contributed by atoms with van der Waals surface area (Å²) in [5.74, 6) is 0.951. The summed E-state index contributed by atoms with van der Waals surface area (Å²) in [6, 6.07) is 52.7. The molecule has 196 valence electrons. The molecule has 7 aromatic rings. The zero-order valence-electron chi connectivity index (χ0n) is 22.9. The van der Waals surface area contributed by atoms with E-state index in [1.54, 1.807) is 0 Å². The molecule has 0 saturated carbocycles. The van der Waals surface area contributed by atoms with Crippen LogP contribution in [0.1, 0.15) is 33.4 Å². The highest BCUT2D eigenvalue weighted by molar-refractivity contribution is 5.93. The van der Waals surface area contributed by atoms with Gasteiger partial charge in [-0.25, -0.2) is 4.98 Å². The molecule has 2 aliphatic carbocycles. The highest BCUT2D eigenvalue weighted by Crippen LogP contribution is 2.58. The van der Waals surface area contributed by atoms with Crippen molar-refractivity contribution < 1.29 is 0 Å². The number of hydrogen-bond donors (Lipinski definition) is 0. The van der Waals surface area contributed by atoms with Crippen molar-refractivity contribution in [3.63, 3.8) is 0 Å². The van der Waals surface area contributed by atoms with Gasteiger partial charge < -0.3 is 0 Å². The highest BCUT2D eigenvalue weighted by atomic mass is 15.1. The van der Waals surface area contributed by atoms with Crippen LogP contribution in [0.15, 0.2) is 146 Å². The van der Waals surface area contributed by atoms with Crippen LogP contribution in [0.25, 0.3) is 51.4 Å². The van der Waals surface area contributed by atoms with Crippen LogP contribution in [-0.2, 0) is 5.41 Å². The van der Waals surface area contributed by atoms with Gasteiger partial charge in [-0.15, -0.1) is 0 Å². The number of aromatic nitrogens is 2. The second-order valence-electron chi connectivity index (χ2n) is 11.2. The molecule has 1 spiro atoms. The van der Waals surface area contributed by atoms with Gasteiger partial charge in [0.25, 0.3) is 0 Å². The molecule has 0 aliphatic heterocycles. The van der Waals surface area contributed by atoms with Gasteiger partial charge in [-0.2, -0.15) is 0 Å². The van der Waals surface area contributed by atoms with Crippen molar-refractivity contribution >= 4 is 23.2 Å². The maximum absolute atomic E-state index is 5.18. The van der Waals surface area contributed by atoms with Crippen LogP contribution in [0, 0.1) is 0 Å². The Bertz CT molecular complexity index is 2150. The molecule has 0 atom stereocenters. The number of para-hydroxylation sites is 3. The van der Waals surface area contributed by atoms with Gasteiger partial charge in [-0.05, 0) is 74.8 Å². The summed E-state index contributed by atoms with van der Waals surface area (Å²) in [4.78, 5) is 5.18. The molecular formula is C40H26N2. The van der Waals surface area contributed by atoms with E-state index in [4.69, 9.17) is 4.98 Å². The Balaban J connectivity index is 1.37. The van der Waals surface area contributed by atoms with Gasteiger partial charge in [0.05, 0.1) is 16.4 Å². The predicted molar refractivity (Wildman–Crippen MR) is 173 cm³/mol. The maximum atomic E-state index is 5.18. The summed E-state index contributed by atoms with van der Waals surface area (Å²) >= 11 is 0. The van der Waals surface area contributed by atoms with Crippen molar-refractivity contribution in [1.29, 1.82) is 0 Å². The summed E-state index contributed by atoms with van der Waals surface area (Å²) in [7, 11) is 0. The average molecular weight is 535 g/mol. The van der Waals surface area contributed by atoms with Crippen LogP contribution in [0.2, 0.25) is 0 Å². The molecule has 1 aromatic heterocycles. The first-order valence-corrected chi connectivity index (χ1v) is 14.5. The standard InChI is InChI=1S/C40H26N2/c1-2-14-30(15-3-1)42-38-21-11-10-20-37(38)41-39(42)29-24-25-36-32(26-29)31-16-6-9-19-35(31)40(36)33-17-7-4-12-27(33)22-23-28-13-5-8-18-34(28)40/h1-26H. The largest absolute Gasteiger partial charge is 0.292 e. The van der Waals surface area contributed by atoms with Crippen LogP contribution in [0.3, 0.4) is 0 Å². The molecule has 2 heteroatoms. The van der Waals surface area contributed by atoms with Crippen molar-refractivity contribution in [2.24, 2.45) is 0 Å². The Morgan fingerprint density at radius 1 is 0.476 bits per heavy atom. The fraction of sp³-hybridized carbons (Fsp3) is 0.0250. The second-order valence-corrected chi connectivity index (χ2v) is 11.2. The molecule has 0 radical (unpaired) electrons. The van der Waals surface area contributed by atoms with E-state index in [-0.39, 0.29) is 0 Å². The molecule has 1 heterocycles. The molecule has 42 heavy (non-hydrogen) atoms. The number of benzene rings is 6. The molecular weight excluding hydrogens is 508 g/mol. The van der Waals surface area contributed by atoms with Gasteiger partial charge in [0.1, 0.15) is 5.82 Å². The van der Waals surface area contributed by atoms with Gasteiger partial charge in [-0.1, -0.05) is 127 Å². The van der Waals surface area contributed by atoms with Crippen LogP contribution in [-0.4, -0.2) is 9.55 Å². The Labute approximate surface area is 244 Å². The van der Waals surface area contributed by atoms with Gasteiger partial charge in [0, 0.05) is 11.3 Å². The number of hydrogen-bond acceptors (Lipinski definition) is 1. The van der Waals surface area contributed by atoms with E-state index < -0.39 is 5.41 Å². The first-order chi connectivity index (χ1) is 20.8. The Morgan fingerprint density at radius 3 is 1.83 bits per heavy atom. The van der Waals surface area contributed by atoms with Crippen molar-refractivity contribution in [3.8, 4) is 28.2 Å². The molecule has 0 bridgehead atoms. The van der Waals surface area contributed by atoms with E-state index in [1.165, 1.54) is 44.5 Å². The smallest absolute Gasteiger partial charge is 0.145 e. The quantitative estimate of drug-likeness (QED) is 0.216. The van der Waals surface area contributed by atoms with Crippen molar-refractivity contribution in [3.05, 3.63) is 179 Å². The lowest BCUT2D eigenvalue weighted by Crippen LogP contribution is -2.29. The molecule has 0 unspecified atom stereocenters. The number of rotatable bonds is 2. The minimum Gasteiger partial charge on any atom is -0.292 e. The predicted octanol–water partition coefficient (Wildman–Crippen LogP) is 9.54. The summed E-state index contributed by atoms with van der Waals surface area (Å²) in [5, 5.41) is 0. The fourth-order valence-corrected chi connectivity index (χ4v) is 7.35. The van der Waals surface area contributed by atoms with E-state index >= 15 is 0 Å². The maximum Gasteiger partial charge on any atom is 0.145 e. The highest BCUT2D eigenvalue weighted by Gasteiger charge is 2.48. The first-order valence-electron chi connectivity index (χ1n) is 14.5. The molecule has 6 aromatic carbocycles. The van der Waals surface area contributed by atoms with Crippen molar-refractivity contribution in [2.75, 3.05) is 0 Å². The van der Waals surface area contributed by atoms with Gasteiger partial charge in [0.2, 0.25) is 0 Å². The minimum absolute atomic E-state index is 0.416. The Kier molecular flexibility index (Phi) is 4.85. The fourth-order valence-electron chi connectivity index (χ4n) is 7.35. The van der Waals surface area contributed by atoms with E-state index in [9.17, 15) is 0 Å². The monoisotopic (exact) mass is 534 g/mol. The van der Waals surface area contributed by atoms with Crippen LogP contribution in [0.5, 0.6) is 0 Å². The molecule has 0 N–H and O–H groups in total. The van der Waals surface area contributed by atoms with Gasteiger partial charge in [-0.3, -0.25) is 4.57 Å². The lowest BCUT2D eigenvalue weighted by molar-refractivity contribution is 0.766. The minimum atomic E-state index is -0.416. The lowest BCUT2D eigenvalue weighted by atomic mass is 9.66. The normalized spacial score (nSPS) is 13.8. The molecule has 0 saturated heterocycles. The summed E-state index contributed by atoms with van der Waals surface area (Å²) < 4.78 is 2.29. The third kappa shape index (κ3) is 3.07. The Hall–Kier alpha value is -5.47. The van der Waals surface area contributed by atoms with Gasteiger partial charge in [0.15, 0.2) is 0 Å². The molecule has 0 amide bonds. The molecule has 2 nitrogen and oxygen atoms in total. The number of nitrogens with zero attached hydrogens (tertiary/aromatic N) is 2.